The molecule has 1 aliphatic rings. The first-order chi connectivity index (χ1) is 12.0. The minimum Gasteiger partial charge on any atom is -0.335 e. The van der Waals surface area contributed by atoms with Crippen LogP contribution >= 0.6 is 0 Å². The predicted octanol–water partition coefficient (Wildman–Crippen LogP) is 2.99. The van der Waals surface area contributed by atoms with Gasteiger partial charge in [0.2, 0.25) is 5.91 Å². The number of nitrogens with zero attached hydrogens (tertiary/aromatic N) is 4. The summed E-state index contributed by atoms with van der Waals surface area (Å²) < 4.78 is 1.57. The number of carbonyl (C=O) groups is 1. The van der Waals surface area contributed by atoms with E-state index in [1.54, 1.807) is 18.5 Å². The molecule has 132 valence electrons. The number of hydrogen-bond acceptors (Lipinski definition) is 4. The normalized spacial score (nSPS) is 13.7. The second kappa shape index (κ2) is 7.04. The number of aromatic nitrogens is 2. The third kappa shape index (κ3) is 3.87. The van der Waals surface area contributed by atoms with Crippen molar-refractivity contribution in [2.24, 2.45) is 0 Å². The molecule has 7 nitrogen and oxygen atoms in total. The Morgan fingerprint density at radius 1 is 1.32 bits per heavy atom. The Balaban J connectivity index is 1.66. The van der Waals surface area contributed by atoms with Crippen LogP contribution in [0.3, 0.4) is 0 Å². The van der Waals surface area contributed by atoms with Gasteiger partial charge in [-0.25, -0.2) is 0 Å². The largest absolute Gasteiger partial charge is 0.335 e. The lowest BCUT2D eigenvalue weighted by atomic mass is 10.2. The number of nitro groups is 1. The molecule has 0 saturated heterocycles. The van der Waals surface area contributed by atoms with Gasteiger partial charge in [-0.1, -0.05) is 30.3 Å². The Labute approximate surface area is 146 Å². The average Bonchev–Trinajstić information content (AvgIpc) is 3.37. The van der Waals surface area contributed by atoms with E-state index < -0.39 is 4.92 Å². The Morgan fingerprint density at radius 2 is 2.00 bits per heavy atom. The number of carbonyl (C=O) groups excluding carboxylic acids is 1. The highest BCUT2D eigenvalue weighted by atomic mass is 16.6. The van der Waals surface area contributed by atoms with Crippen LogP contribution in [0.5, 0.6) is 0 Å². The summed E-state index contributed by atoms with van der Waals surface area (Å²) in [6.07, 6.45) is 2.39. The number of benzene rings is 1. The van der Waals surface area contributed by atoms with Crippen molar-refractivity contribution in [1.82, 2.24) is 14.7 Å². The topological polar surface area (TPSA) is 81.3 Å². The molecule has 2 aromatic rings. The van der Waals surface area contributed by atoms with Gasteiger partial charge in [-0.15, -0.1) is 0 Å². The Kier molecular flexibility index (Phi) is 4.83. The molecule has 0 spiro atoms. The van der Waals surface area contributed by atoms with Crippen molar-refractivity contribution >= 4 is 11.6 Å². The molecule has 1 heterocycles. The van der Waals surface area contributed by atoms with Crippen LogP contribution in [0.25, 0.3) is 0 Å². The fourth-order valence-electron chi connectivity index (χ4n) is 3.10. The molecular formula is C18H22N4O3. The van der Waals surface area contributed by atoms with E-state index in [-0.39, 0.29) is 11.6 Å². The van der Waals surface area contributed by atoms with Crippen molar-refractivity contribution in [2.75, 3.05) is 0 Å². The van der Waals surface area contributed by atoms with E-state index in [4.69, 9.17) is 0 Å². The van der Waals surface area contributed by atoms with Gasteiger partial charge < -0.3 is 4.90 Å². The third-order valence-electron chi connectivity index (χ3n) is 4.57. The molecule has 1 amide bonds. The van der Waals surface area contributed by atoms with Crippen LogP contribution in [0.15, 0.2) is 30.3 Å². The molecule has 25 heavy (non-hydrogen) atoms. The van der Waals surface area contributed by atoms with E-state index in [1.165, 1.54) is 0 Å². The molecule has 0 aliphatic heterocycles. The van der Waals surface area contributed by atoms with Gasteiger partial charge in [-0.05, 0) is 32.3 Å². The molecule has 0 unspecified atom stereocenters. The SMILES string of the molecule is Cc1nn(CCC(=O)N(Cc2ccccc2)C2CC2)c(C)c1[N+](=O)[O-]. The van der Waals surface area contributed by atoms with E-state index in [2.05, 4.69) is 5.10 Å². The Hall–Kier alpha value is -2.70. The highest BCUT2D eigenvalue weighted by Gasteiger charge is 2.32. The zero-order chi connectivity index (χ0) is 18.0. The van der Waals surface area contributed by atoms with E-state index in [1.807, 2.05) is 35.2 Å². The molecule has 1 aromatic carbocycles. The lowest BCUT2D eigenvalue weighted by Gasteiger charge is -2.22. The highest BCUT2D eigenvalue weighted by Crippen LogP contribution is 2.29. The van der Waals surface area contributed by atoms with Crippen LogP contribution in [-0.2, 0) is 17.9 Å². The van der Waals surface area contributed by atoms with Crippen LogP contribution in [-0.4, -0.2) is 31.6 Å². The molecular weight excluding hydrogens is 320 g/mol. The van der Waals surface area contributed by atoms with Crippen LogP contribution in [0.1, 0.15) is 36.2 Å². The summed E-state index contributed by atoms with van der Waals surface area (Å²) in [4.78, 5) is 25.3. The number of amides is 1. The minimum absolute atomic E-state index is 0.0378. The molecule has 3 rings (SSSR count). The van der Waals surface area contributed by atoms with E-state index >= 15 is 0 Å². The molecule has 1 fully saturated rings. The molecule has 0 N–H and O–H groups in total. The number of hydrogen-bond donors (Lipinski definition) is 0. The summed E-state index contributed by atoms with van der Waals surface area (Å²) in [5, 5.41) is 15.3. The van der Waals surface area contributed by atoms with Crippen molar-refractivity contribution in [3.63, 3.8) is 0 Å². The molecule has 1 aliphatic carbocycles. The second-order valence-electron chi connectivity index (χ2n) is 6.49. The second-order valence-corrected chi connectivity index (χ2v) is 6.49. The molecule has 0 bridgehead atoms. The van der Waals surface area contributed by atoms with Gasteiger partial charge in [0.25, 0.3) is 0 Å². The van der Waals surface area contributed by atoms with E-state index in [0.29, 0.717) is 36.9 Å². The van der Waals surface area contributed by atoms with Crippen LogP contribution in [0.4, 0.5) is 5.69 Å². The Bertz CT molecular complexity index is 781. The minimum atomic E-state index is -0.415. The summed E-state index contributed by atoms with van der Waals surface area (Å²) in [5.74, 6) is 0.0709. The van der Waals surface area contributed by atoms with Crippen molar-refractivity contribution in [3.8, 4) is 0 Å². The van der Waals surface area contributed by atoms with Crippen molar-refractivity contribution in [2.45, 2.75) is 52.2 Å². The molecule has 1 saturated carbocycles. The smallest absolute Gasteiger partial charge is 0.312 e. The summed E-state index contributed by atoms with van der Waals surface area (Å²) >= 11 is 0. The van der Waals surface area contributed by atoms with Gasteiger partial charge in [0.05, 0.1) is 11.5 Å². The van der Waals surface area contributed by atoms with Crippen LogP contribution in [0.2, 0.25) is 0 Å². The maximum Gasteiger partial charge on any atom is 0.312 e. The standard InChI is InChI=1S/C18H22N4O3/c1-13-18(22(24)25)14(2)21(19-13)11-10-17(23)20(16-8-9-16)12-15-6-4-3-5-7-15/h3-7,16H,8-12H2,1-2H3. The summed E-state index contributed by atoms with van der Waals surface area (Å²) in [6, 6.07) is 10.3. The molecule has 1 aromatic heterocycles. The fraction of sp³-hybridized carbons (Fsp3) is 0.444. The number of aryl methyl sites for hydroxylation is 2. The van der Waals surface area contributed by atoms with Crippen molar-refractivity contribution < 1.29 is 9.72 Å². The average molecular weight is 342 g/mol. The summed E-state index contributed by atoms with van der Waals surface area (Å²) in [7, 11) is 0. The molecule has 0 radical (unpaired) electrons. The lowest BCUT2D eigenvalue weighted by Crippen LogP contribution is -2.33. The maximum absolute atomic E-state index is 12.7. The van der Waals surface area contributed by atoms with Crippen LogP contribution < -0.4 is 0 Å². The predicted molar refractivity (Wildman–Crippen MR) is 93.0 cm³/mol. The van der Waals surface area contributed by atoms with Crippen LogP contribution in [0, 0.1) is 24.0 Å². The first-order valence-electron chi connectivity index (χ1n) is 8.49. The van der Waals surface area contributed by atoms with Gasteiger partial charge >= 0.3 is 5.69 Å². The van der Waals surface area contributed by atoms with E-state index in [9.17, 15) is 14.9 Å². The zero-order valence-corrected chi connectivity index (χ0v) is 14.5. The lowest BCUT2D eigenvalue weighted by molar-refractivity contribution is -0.386. The summed E-state index contributed by atoms with van der Waals surface area (Å²) in [5.41, 5.74) is 2.04. The first-order valence-corrected chi connectivity index (χ1v) is 8.49. The van der Waals surface area contributed by atoms with Gasteiger partial charge in [-0.3, -0.25) is 19.6 Å². The first kappa shape index (κ1) is 17.1. The molecule has 7 heteroatoms. The Morgan fingerprint density at radius 3 is 2.56 bits per heavy atom. The van der Waals surface area contributed by atoms with E-state index in [0.717, 1.165) is 18.4 Å². The zero-order valence-electron chi connectivity index (χ0n) is 14.5. The highest BCUT2D eigenvalue weighted by molar-refractivity contribution is 5.76. The fourth-order valence-corrected chi connectivity index (χ4v) is 3.10. The maximum atomic E-state index is 12.7. The third-order valence-corrected chi connectivity index (χ3v) is 4.57. The summed E-state index contributed by atoms with van der Waals surface area (Å²) in [6.45, 7) is 4.26. The van der Waals surface area contributed by atoms with Gasteiger partial charge in [0.1, 0.15) is 11.4 Å². The van der Waals surface area contributed by atoms with Gasteiger partial charge in [0, 0.05) is 19.0 Å². The number of rotatable bonds is 7. The van der Waals surface area contributed by atoms with Crippen molar-refractivity contribution in [3.05, 3.63) is 57.4 Å². The van der Waals surface area contributed by atoms with Gasteiger partial charge in [-0.2, -0.15) is 5.10 Å². The van der Waals surface area contributed by atoms with Gasteiger partial charge in [0.15, 0.2) is 0 Å². The quantitative estimate of drug-likeness (QED) is 0.572. The monoisotopic (exact) mass is 342 g/mol. The molecule has 0 atom stereocenters. The van der Waals surface area contributed by atoms with Crippen molar-refractivity contribution in [1.29, 1.82) is 0 Å².